The number of aliphatic imine (C=N–C) groups is 1. The summed E-state index contributed by atoms with van der Waals surface area (Å²) in [6.07, 6.45) is -5.12. The molecule has 0 aliphatic carbocycles. The zero-order valence-electron chi connectivity index (χ0n) is 19.8. The Balaban J connectivity index is 1.64. The Kier molecular flexibility index (Phi) is 8.60. The lowest BCUT2D eigenvalue weighted by atomic mass is 10.1. The van der Waals surface area contributed by atoms with Crippen LogP contribution in [-0.4, -0.2) is 79.7 Å². The molecule has 13 heteroatoms. The number of alkyl halides is 3. The van der Waals surface area contributed by atoms with E-state index in [9.17, 15) is 27.6 Å². The molecule has 0 saturated carbocycles. The zero-order valence-corrected chi connectivity index (χ0v) is 19.8. The second kappa shape index (κ2) is 11.6. The van der Waals surface area contributed by atoms with Crippen LogP contribution in [-0.2, 0) is 14.3 Å². The normalized spacial score (nSPS) is 16.2. The van der Waals surface area contributed by atoms with Gasteiger partial charge in [0.15, 0.2) is 0 Å². The molecule has 37 heavy (non-hydrogen) atoms. The maximum atomic E-state index is 13.3. The molecule has 1 saturated heterocycles. The van der Waals surface area contributed by atoms with Crippen LogP contribution >= 0.6 is 0 Å². The van der Waals surface area contributed by atoms with Gasteiger partial charge in [-0.3, -0.25) is 24.8 Å². The lowest BCUT2D eigenvalue weighted by Gasteiger charge is -2.36. The number of carbonyl (C=O) groups is 3. The van der Waals surface area contributed by atoms with Crippen LogP contribution in [0.1, 0.15) is 21.5 Å². The Labute approximate surface area is 210 Å². The van der Waals surface area contributed by atoms with Crippen molar-refractivity contribution in [3.05, 3.63) is 65.2 Å². The van der Waals surface area contributed by atoms with Crippen molar-refractivity contribution in [3.8, 4) is 0 Å². The fourth-order valence-electron chi connectivity index (χ4n) is 3.63. The molecule has 1 aliphatic heterocycles. The highest BCUT2D eigenvalue weighted by atomic mass is 19.4. The molecule has 1 fully saturated rings. The van der Waals surface area contributed by atoms with Gasteiger partial charge in [0.1, 0.15) is 11.5 Å². The summed E-state index contributed by atoms with van der Waals surface area (Å²) in [7, 11) is 1.49. The van der Waals surface area contributed by atoms with E-state index in [1.165, 1.54) is 36.6 Å². The molecule has 1 atom stereocenters. The molecule has 0 spiro atoms. The number of amidine groups is 1. The van der Waals surface area contributed by atoms with E-state index in [-0.39, 0.29) is 42.4 Å². The molecule has 196 valence electrons. The number of ether oxygens (including phenoxy) is 1. The first-order valence-corrected chi connectivity index (χ1v) is 11.1. The second-order valence-electron chi connectivity index (χ2n) is 8.00. The lowest BCUT2D eigenvalue weighted by Crippen LogP contribution is -2.55. The summed E-state index contributed by atoms with van der Waals surface area (Å²) in [6, 6.07) is 11.5. The van der Waals surface area contributed by atoms with Crippen molar-refractivity contribution in [3.63, 3.8) is 0 Å². The minimum Gasteiger partial charge on any atom is -0.398 e. The zero-order chi connectivity index (χ0) is 27.2. The van der Waals surface area contributed by atoms with Crippen LogP contribution in [0.4, 0.5) is 18.9 Å². The molecule has 3 rings (SSSR count). The monoisotopic (exact) mass is 518 g/mol. The first-order valence-electron chi connectivity index (χ1n) is 11.1. The van der Waals surface area contributed by atoms with E-state index in [0.29, 0.717) is 17.9 Å². The van der Waals surface area contributed by atoms with Crippen molar-refractivity contribution in [1.82, 2.24) is 15.5 Å². The third-order valence-electron chi connectivity index (χ3n) is 5.56. The number of nitrogens with two attached hydrogens (primary N) is 1. The van der Waals surface area contributed by atoms with Gasteiger partial charge in [0.05, 0.1) is 19.3 Å². The molecule has 1 aliphatic rings. The quantitative estimate of drug-likeness (QED) is 0.259. The van der Waals surface area contributed by atoms with Crippen LogP contribution in [0.5, 0.6) is 0 Å². The Hall–Kier alpha value is -4.26. The van der Waals surface area contributed by atoms with Crippen molar-refractivity contribution < 1.29 is 32.3 Å². The smallest absolute Gasteiger partial charge is 0.398 e. The Morgan fingerprint density at radius 3 is 2.41 bits per heavy atom. The number of rotatable bonds is 6. The number of morpholine rings is 1. The van der Waals surface area contributed by atoms with Crippen LogP contribution in [0, 0.1) is 5.41 Å². The molecular weight excluding hydrogens is 493 g/mol. The predicted molar refractivity (Wildman–Crippen MR) is 129 cm³/mol. The van der Waals surface area contributed by atoms with Crippen LogP contribution in [0.25, 0.3) is 0 Å². The summed E-state index contributed by atoms with van der Waals surface area (Å²) in [4.78, 5) is 42.6. The first-order chi connectivity index (χ1) is 17.5. The lowest BCUT2D eigenvalue weighted by molar-refractivity contribution is -0.171. The van der Waals surface area contributed by atoms with Gasteiger partial charge in [-0.05, 0) is 18.2 Å². The van der Waals surface area contributed by atoms with Crippen LogP contribution in [0.2, 0.25) is 0 Å². The third kappa shape index (κ3) is 6.70. The molecule has 0 aromatic heterocycles. The van der Waals surface area contributed by atoms with Gasteiger partial charge in [0.2, 0.25) is 0 Å². The number of nitrogens with one attached hydrogen (secondary N) is 3. The molecule has 0 radical (unpaired) electrons. The van der Waals surface area contributed by atoms with E-state index in [0.717, 1.165) is 0 Å². The van der Waals surface area contributed by atoms with Crippen LogP contribution in [0.15, 0.2) is 53.5 Å². The highest BCUT2D eigenvalue weighted by Crippen LogP contribution is 2.17. The molecule has 2 aromatic carbocycles. The van der Waals surface area contributed by atoms with E-state index >= 15 is 0 Å². The van der Waals surface area contributed by atoms with Crippen LogP contribution < -0.4 is 16.4 Å². The summed E-state index contributed by atoms with van der Waals surface area (Å²) < 4.78 is 42.6. The topological polar surface area (TPSA) is 150 Å². The minimum absolute atomic E-state index is 0.0156. The van der Waals surface area contributed by atoms with Gasteiger partial charge in [-0.1, -0.05) is 30.3 Å². The summed E-state index contributed by atoms with van der Waals surface area (Å²) >= 11 is 0. The number of benzene rings is 2. The number of hydrogen-bond donors (Lipinski definition) is 4. The van der Waals surface area contributed by atoms with Gasteiger partial charge >= 0.3 is 12.1 Å². The number of nitrogen functional groups attached to an aromatic ring is 1. The number of anilines is 1. The van der Waals surface area contributed by atoms with E-state index < -0.39 is 29.9 Å². The molecule has 3 amide bonds. The molecule has 5 N–H and O–H groups in total. The van der Waals surface area contributed by atoms with Gasteiger partial charge in [-0.15, -0.1) is 0 Å². The Morgan fingerprint density at radius 1 is 1.14 bits per heavy atom. The summed E-state index contributed by atoms with van der Waals surface area (Å²) in [6.45, 7) is 0.842. The van der Waals surface area contributed by atoms with Crippen molar-refractivity contribution in [2.24, 2.45) is 4.99 Å². The second-order valence-corrected chi connectivity index (χ2v) is 8.00. The minimum atomic E-state index is -5.12. The van der Waals surface area contributed by atoms with Gasteiger partial charge in [0, 0.05) is 42.5 Å². The molecule has 10 nitrogen and oxygen atoms in total. The Bertz CT molecular complexity index is 1210. The highest BCUT2D eigenvalue weighted by molar-refractivity contribution is 6.46. The van der Waals surface area contributed by atoms with E-state index in [2.05, 4.69) is 10.3 Å². The van der Waals surface area contributed by atoms with Gasteiger partial charge in [-0.25, -0.2) is 0 Å². The van der Waals surface area contributed by atoms with Crippen LogP contribution in [0.3, 0.4) is 0 Å². The number of nitrogens with zero attached hydrogens (tertiary/aromatic N) is 2. The van der Waals surface area contributed by atoms with E-state index in [4.69, 9.17) is 15.9 Å². The van der Waals surface area contributed by atoms with Gasteiger partial charge in [0.25, 0.3) is 11.8 Å². The van der Waals surface area contributed by atoms with Crippen molar-refractivity contribution in [2.75, 3.05) is 39.1 Å². The molecule has 1 heterocycles. The molecule has 1 unspecified atom stereocenters. The maximum absolute atomic E-state index is 13.3. The van der Waals surface area contributed by atoms with Gasteiger partial charge < -0.3 is 26.0 Å². The van der Waals surface area contributed by atoms with Crippen molar-refractivity contribution in [1.29, 1.82) is 5.41 Å². The number of carbonyl (C=O) groups excluding carboxylic acids is 3. The number of amides is 3. The average Bonchev–Trinajstić information content (AvgIpc) is 2.88. The number of para-hydroxylation sites is 1. The van der Waals surface area contributed by atoms with Gasteiger partial charge in [-0.2, -0.15) is 13.2 Å². The molecule has 2 aromatic rings. The fourth-order valence-corrected chi connectivity index (χ4v) is 3.63. The van der Waals surface area contributed by atoms with Crippen molar-refractivity contribution in [2.45, 2.75) is 12.2 Å². The predicted octanol–water partition coefficient (Wildman–Crippen LogP) is 1.35. The average molecular weight is 518 g/mol. The highest BCUT2D eigenvalue weighted by Gasteiger charge is 2.39. The Morgan fingerprint density at radius 2 is 1.78 bits per heavy atom. The summed E-state index contributed by atoms with van der Waals surface area (Å²) in [5.74, 6) is -3.88. The van der Waals surface area contributed by atoms with E-state index in [1.807, 2.05) is 0 Å². The first kappa shape index (κ1) is 27.3. The SMILES string of the molecule is CN=C(C(=O)N1CCOCC1CNC(=O)c1ccc(C(=N)NC(=O)C(F)(F)F)cc1)c1ccccc1N. The van der Waals surface area contributed by atoms with Crippen molar-refractivity contribution >= 4 is 35.0 Å². The standard InChI is InChI=1S/C24H25F3N6O4/c1-30-19(17-4-2-3-5-18(17)28)22(35)33-10-11-37-13-16(33)12-31-21(34)15-8-6-14(7-9-15)20(29)32-23(36)24(25,26)27/h2-9,16H,10-13,28H2,1H3,(H,31,34)(H2,29,32,36). The summed E-state index contributed by atoms with van der Waals surface area (Å²) in [5, 5.41) is 11.8. The number of hydrogen-bond acceptors (Lipinski definition) is 7. The third-order valence-corrected chi connectivity index (χ3v) is 5.56. The number of halogens is 3. The molecular formula is C24H25F3N6O4. The fraction of sp³-hybridized carbons (Fsp3) is 0.292. The molecule has 0 bridgehead atoms. The largest absolute Gasteiger partial charge is 0.471 e. The maximum Gasteiger partial charge on any atom is 0.471 e. The van der Waals surface area contributed by atoms with E-state index in [1.54, 1.807) is 29.2 Å². The summed E-state index contributed by atoms with van der Waals surface area (Å²) in [5.41, 5.74) is 7.26.